The van der Waals surface area contributed by atoms with Gasteiger partial charge in [0.25, 0.3) is 5.56 Å². The zero-order valence-electron chi connectivity index (χ0n) is 13.0. The van der Waals surface area contributed by atoms with Gasteiger partial charge in [-0.2, -0.15) is 4.98 Å². The highest BCUT2D eigenvalue weighted by atomic mass is 16.1. The van der Waals surface area contributed by atoms with E-state index in [-0.39, 0.29) is 5.56 Å². The molecule has 0 bridgehead atoms. The molecule has 0 saturated carbocycles. The number of aryl methyl sites for hydroxylation is 2. The second-order valence-electron chi connectivity index (χ2n) is 6.11. The van der Waals surface area contributed by atoms with Crippen molar-refractivity contribution in [1.82, 2.24) is 14.5 Å². The third-order valence-electron chi connectivity index (χ3n) is 4.77. The normalized spacial score (nSPS) is 12.8. The molecule has 0 spiro atoms. The Morgan fingerprint density at radius 2 is 1.79 bits per heavy atom. The Hall–Kier alpha value is -3.14. The summed E-state index contributed by atoms with van der Waals surface area (Å²) in [6, 6.07) is 18.1. The maximum Gasteiger partial charge on any atom is 0.281 e. The minimum atomic E-state index is -0.182. The van der Waals surface area contributed by atoms with E-state index in [9.17, 15) is 4.79 Å². The fourth-order valence-electron chi connectivity index (χ4n) is 3.69. The minimum absolute atomic E-state index is 0.182. The number of nitrogens with one attached hydrogen (secondary N) is 1. The molecule has 5 rings (SSSR count). The van der Waals surface area contributed by atoms with Gasteiger partial charge in [0.2, 0.25) is 0 Å². The number of benzene rings is 2. The van der Waals surface area contributed by atoms with Crippen LogP contribution in [0.1, 0.15) is 5.56 Å². The van der Waals surface area contributed by atoms with Gasteiger partial charge in [-0.05, 0) is 23.6 Å². The molecule has 1 aliphatic rings. The summed E-state index contributed by atoms with van der Waals surface area (Å²) >= 11 is 0. The molecule has 0 aliphatic carbocycles. The first-order chi connectivity index (χ1) is 11.8. The number of hydrogen-bond donors (Lipinski definition) is 1. The largest absolute Gasteiger partial charge is 0.353 e. The van der Waals surface area contributed by atoms with Crippen molar-refractivity contribution < 1.29 is 0 Å². The first kappa shape index (κ1) is 13.3. The van der Waals surface area contributed by atoms with Crippen LogP contribution in [-0.4, -0.2) is 14.5 Å². The number of aromatic nitrogens is 3. The van der Waals surface area contributed by atoms with Crippen LogP contribution in [0, 0.1) is 0 Å². The van der Waals surface area contributed by atoms with Crippen LogP contribution >= 0.6 is 0 Å². The van der Waals surface area contributed by atoms with Crippen LogP contribution in [-0.2, 0) is 13.0 Å². The Bertz CT molecular complexity index is 1120. The van der Waals surface area contributed by atoms with Crippen molar-refractivity contribution in [1.29, 1.82) is 0 Å². The van der Waals surface area contributed by atoms with Crippen LogP contribution < -0.4 is 5.56 Å². The lowest BCUT2D eigenvalue weighted by atomic mass is 9.96. The summed E-state index contributed by atoms with van der Waals surface area (Å²) in [5, 5.41) is 1.24. The Morgan fingerprint density at radius 1 is 1.00 bits per heavy atom. The van der Waals surface area contributed by atoms with Gasteiger partial charge in [0.05, 0.1) is 23.3 Å². The predicted molar refractivity (Wildman–Crippen MR) is 94.9 cm³/mol. The van der Waals surface area contributed by atoms with E-state index < -0.39 is 0 Å². The Labute approximate surface area is 138 Å². The summed E-state index contributed by atoms with van der Waals surface area (Å²) < 4.78 is 2.08. The average Bonchev–Trinajstić information content (AvgIpc) is 3.01. The maximum atomic E-state index is 12.6. The van der Waals surface area contributed by atoms with Gasteiger partial charge in [-0.3, -0.25) is 4.79 Å². The lowest BCUT2D eigenvalue weighted by Gasteiger charge is -2.21. The summed E-state index contributed by atoms with van der Waals surface area (Å²) in [5.41, 5.74) is 5.78. The van der Waals surface area contributed by atoms with E-state index in [1.54, 1.807) is 6.33 Å². The number of rotatable bonds is 1. The molecule has 0 saturated heterocycles. The third-order valence-corrected chi connectivity index (χ3v) is 4.77. The average molecular weight is 313 g/mol. The quantitative estimate of drug-likeness (QED) is 0.583. The third kappa shape index (κ3) is 1.80. The van der Waals surface area contributed by atoms with E-state index in [1.165, 1.54) is 10.9 Å². The zero-order valence-corrected chi connectivity index (χ0v) is 13.0. The van der Waals surface area contributed by atoms with Gasteiger partial charge >= 0.3 is 0 Å². The van der Waals surface area contributed by atoms with Crippen LogP contribution in [0.2, 0.25) is 0 Å². The van der Waals surface area contributed by atoms with Gasteiger partial charge < -0.3 is 9.55 Å². The fourth-order valence-corrected chi connectivity index (χ4v) is 3.69. The monoisotopic (exact) mass is 313 g/mol. The molecule has 1 aliphatic heterocycles. The lowest BCUT2D eigenvalue weighted by molar-refractivity contribution is 0.665. The highest BCUT2D eigenvalue weighted by Gasteiger charge is 2.25. The number of H-pyrrole nitrogens is 1. The molecule has 0 atom stereocenters. The summed E-state index contributed by atoms with van der Waals surface area (Å²) in [5.74, 6) is 0. The molecule has 116 valence electrons. The van der Waals surface area contributed by atoms with Gasteiger partial charge in [-0.25, -0.2) is 0 Å². The molecule has 4 aromatic rings. The molecule has 24 heavy (non-hydrogen) atoms. The number of para-hydroxylation sites is 1. The molecular formula is C20H15N3O. The summed E-state index contributed by atoms with van der Waals surface area (Å²) in [4.78, 5) is 20.2. The Morgan fingerprint density at radius 3 is 2.67 bits per heavy atom. The second-order valence-corrected chi connectivity index (χ2v) is 6.11. The van der Waals surface area contributed by atoms with E-state index in [0.717, 1.165) is 35.4 Å². The highest BCUT2D eigenvalue weighted by molar-refractivity contribution is 5.93. The summed E-state index contributed by atoms with van der Waals surface area (Å²) in [7, 11) is 0. The van der Waals surface area contributed by atoms with Crippen molar-refractivity contribution in [2.75, 3.05) is 0 Å². The predicted octanol–water partition coefficient (Wildman–Crippen LogP) is 3.61. The summed E-state index contributed by atoms with van der Waals surface area (Å²) in [6.07, 6.45) is 2.60. The fraction of sp³-hybridized carbons (Fsp3) is 0.100. The molecular weight excluding hydrogens is 298 g/mol. The van der Waals surface area contributed by atoms with Crippen LogP contribution in [0.4, 0.5) is 0 Å². The molecule has 3 heterocycles. The molecule has 1 N–H and O–H groups in total. The standard InChI is InChI=1S/C20H15N3O/c24-20-17(13-6-2-1-3-7-13)19-18-15(10-11-23(19)12-21-20)14-8-4-5-9-16(14)22-18/h1-9,12,22H,10-11H2. The first-order valence-corrected chi connectivity index (χ1v) is 8.08. The van der Waals surface area contributed by atoms with Crippen LogP contribution in [0.15, 0.2) is 65.7 Å². The van der Waals surface area contributed by atoms with Crippen LogP contribution in [0.3, 0.4) is 0 Å². The van der Waals surface area contributed by atoms with E-state index >= 15 is 0 Å². The number of nitrogens with zero attached hydrogens (tertiary/aromatic N) is 2. The summed E-state index contributed by atoms with van der Waals surface area (Å²) in [6.45, 7) is 0.831. The molecule has 2 aromatic carbocycles. The smallest absolute Gasteiger partial charge is 0.281 e. The van der Waals surface area contributed by atoms with Crippen molar-refractivity contribution in [2.45, 2.75) is 13.0 Å². The zero-order chi connectivity index (χ0) is 16.1. The van der Waals surface area contributed by atoms with Crippen molar-refractivity contribution in [2.24, 2.45) is 0 Å². The number of hydrogen-bond acceptors (Lipinski definition) is 2. The number of fused-ring (bicyclic) bond motifs is 5. The highest BCUT2D eigenvalue weighted by Crippen LogP contribution is 2.37. The van der Waals surface area contributed by atoms with Gasteiger partial charge in [-0.1, -0.05) is 48.5 Å². The van der Waals surface area contributed by atoms with E-state index in [4.69, 9.17) is 0 Å². The number of aromatic amines is 1. The molecule has 4 heteroatoms. The van der Waals surface area contributed by atoms with Gasteiger partial charge in [0, 0.05) is 17.4 Å². The molecule has 0 amide bonds. The minimum Gasteiger partial charge on any atom is -0.353 e. The van der Waals surface area contributed by atoms with Crippen molar-refractivity contribution >= 4 is 10.9 Å². The van der Waals surface area contributed by atoms with Crippen molar-refractivity contribution in [3.05, 3.63) is 76.8 Å². The molecule has 2 aromatic heterocycles. The maximum absolute atomic E-state index is 12.6. The second kappa shape index (κ2) is 4.93. The van der Waals surface area contributed by atoms with E-state index in [1.807, 2.05) is 36.4 Å². The SMILES string of the molecule is O=c1ncn2c(c1-c1ccccc1)-c1[nH]c3ccccc3c1CC2. The van der Waals surface area contributed by atoms with Gasteiger partial charge in [-0.15, -0.1) is 0 Å². The molecule has 0 radical (unpaired) electrons. The van der Waals surface area contributed by atoms with Crippen molar-refractivity contribution in [3.8, 4) is 22.5 Å². The molecule has 0 unspecified atom stereocenters. The first-order valence-electron chi connectivity index (χ1n) is 8.08. The Kier molecular flexibility index (Phi) is 2.73. The molecule has 0 fully saturated rings. The topological polar surface area (TPSA) is 50.7 Å². The van der Waals surface area contributed by atoms with Crippen LogP contribution in [0.25, 0.3) is 33.4 Å². The van der Waals surface area contributed by atoms with Crippen LogP contribution in [0.5, 0.6) is 0 Å². The van der Waals surface area contributed by atoms with E-state index in [2.05, 4.69) is 32.7 Å². The lowest BCUT2D eigenvalue weighted by Crippen LogP contribution is -2.21. The van der Waals surface area contributed by atoms with Crippen molar-refractivity contribution in [3.63, 3.8) is 0 Å². The van der Waals surface area contributed by atoms with E-state index in [0.29, 0.717) is 5.56 Å². The molecule has 4 nitrogen and oxygen atoms in total. The van der Waals surface area contributed by atoms with Gasteiger partial charge in [0.1, 0.15) is 0 Å². The Balaban J connectivity index is 1.90. The van der Waals surface area contributed by atoms with Gasteiger partial charge in [0.15, 0.2) is 0 Å².